The summed E-state index contributed by atoms with van der Waals surface area (Å²) in [6, 6.07) is 3.91. The zero-order valence-corrected chi connectivity index (χ0v) is 13.8. The summed E-state index contributed by atoms with van der Waals surface area (Å²) >= 11 is 0. The van der Waals surface area contributed by atoms with Crippen molar-refractivity contribution in [2.45, 2.75) is 44.8 Å². The van der Waals surface area contributed by atoms with E-state index in [1.807, 2.05) is 40.0 Å². The molecule has 1 aromatic rings. The molecule has 6 nitrogen and oxygen atoms in total. The third-order valence-corrected chi connectivity index (χ3v) is 3.78. The van der Waals surface area contributed by atoms with Crippen molar-refractivity contribution in [3.8, 4) is 0 Å². The summed E-state index contributed by atoms with van der Waals surface area (Å²) in [5.41, 5.74) is 6.99. The summed E-state index contributed by atoms with van der Waals surface area (Å²) in [6.07, 6.45) is 2.33. The smallest absolute Gasteiger partial charge is 0.410 e. The maximum Gasteiger partial charge on any atom is 0.410 e. The molecule has 2 unspecified atom stereocenters. The molecule has 0 saturated carbocycles. The highest BCUT2D eigenvalue weighted by atomic mass is 16.6. The number of piperidine rings is 1. The van der Waals surface area contributed by atoms with Gasteiger partial charge in [0, 0.05) is 38.3 Å². The number of nitrogens with zero attached hydrogens (tertiary/aromatic N) is 2. The summed E-state index contributed by atoms with van der Waals surface area (Å²) in [4.78, 5) is 18.1. The summed E-state index contributed by atoms with van der Waals surface area (Å²) < 4.78 is 5.41. The Bertz CT molecular complexity index is 527. The Morgan fingerprint density at radius 3 is 2.82 bits per heavy atom. The lowest BCUT2D eigenvalue weighted by Crippen LogP contribution is -2.50. The summed E-state index contributed by atoms with van der Waals surface area (Å²) in [7, 11) is 1.84. The largest absolute Gasteiger partial charge is 0.444 e. The van der Waals surface area contributed by atoms with Crippen LogP contribution in [-0.4, -0.2) is 47.8 Å². The average molecular weight is 306 g/mol. The van der Waals surface area contributed by atoms with Crippen molar-refractivity contribution in [3.05, 3.63) is 23.9 Å². The highest BCUT2D eigenvalue weighted by Crippen LogP contribution is 2.29. The van der Waals surface area contributed by atoms with Gasteiger partial charge in [-0.05, 0) is 44.9 Å². The van der Waals surface area contributed by atoms with Crippen molar-refractivity contribution < 1.29 is 9.53 Å². The standard InChI is InChI=1S/C16H26N4O2/c1-16(2,3)22-15(21)20-8-6-12(13(17)10-20)11-5-7-19-14(9-11)18-4/h5,7,9,12-13H,6,8,10,17H2,1-4H3,(H,18,19). The van der Waals surface area contributed by atoms with Crippen LogP contribution >= 0.6 is 0 Å². The number of nitrogens with one attached hydrogen (secondary N) is 1. The van der Waals surface area contributed by atoms with Crippen molar-refractivity contribution in [3.63, 3.8) is 0 Å². The van der Waals surface area contributed by atoms with Gasteiger partial charge in [-0.2, -0.15) is 0 Å². The topological polar surface area (TPSA) is 80.5 Å². The van der Waals surface area contributed by atoms with Gasteiger partial charge in [0.2, 0.25) is 0 Å². The Morgan fingerprint density at radius 2 is 2.23 bits per heavy atom. The number of amides is 1. The predicted octanol–water partition coefficient (Wildman–Crippen LogP) is 2.17. The molecule has 3 N–H and O–H groups in total. The molecule has 2 atom stereocenters. The Labute approximate surface area is 132 Å². The monoisotopic (exact) mass is 306 g/mol. The number of hydrogen-bond donors (Lipinski definition) is 2. The first kappa shape index (κ1) is 16.5. The SMILES string of the molecule is CNc1cc(C2CCN(C(=O)OC(C)(C)C)CC2N)ccn1. The van der Waals surface area contributed by atoms with Crippen molar-refractivity contribution in [2.24, 2.45) is 5.73 Å². The van der Waals surface area contributed by atoms with E-state index in [2.05, 4.69) is 10.3 Å². The van der Waals surface area contributed by atoms with Crippen molar-refractivity contribution in [2.75, 3.05) is 25.5 Å². The fourth-order valence-electron chi connectivity index (χ4n) is 2.70. The van der Waals surface area contributed by atoms with Gasteiger partial charge in [0.15, 0.2) is 0 Å². The second-order valence-corrected chi connectivity index (χ2v) is 6.71. The van der Waals surface area contributed by atoms with E-state index in [0.29, 0.717) is 13.1 Å². The number of carbonyl (C=O) groups is 1. The van der Waals surface area contributed by atoms with Crippen LogP contribution in [0.2, 0.25) is 0 Å². The molecule has 0 spiro atoms. The molecule has 2 rings (SSSR count). The van der Waals surface area contributed by atoms with Crippen LogP contribution < -0.4 is 11.1 Å². The van der Waals surface area contributed by atoms with E-state index in [1.165, 1.54) is 0 Å². The number of carbonyl (C=O) groups excluding carboxylic acids is 1. The third-order valence-electron chi connectivity index (χ3n) is 3.78. The van der Waals surface area contributed by atoms with Gasteiger partial charge in [0.05, 0.1) is 0 Å². The van der Waals surface area contributed by atoms with E-state index in [-0.39, 0.29) is 18.1 Å². The molecule has 1 saturated heterocycles. The van der Waals surface area contributed by atoms with Gasteiger partial charge in [-0.3, -0.25) is 0 Å². The lowest BCUT2D eigenvalue weighted by atomic mass is 9.86. The third kappa shape index (κ3) is 4.10. The molecule has 122 valence electrons. The van der Waals surface area contributed by atoms with E-state index in [0.717, 1.165) is 17.8 Å². The first-order chi connectivity index (χ1) is 10.3. The van der Waals surface area contributed by atoms with Crippen LogP contribution in [0, 0.1) is 0 Å². The quantitative estimate of drug-likeness (QED) is 0.875. The number of anilines is 1. The number of aromatic nitrogens is 1. The van der Waals surface area contributed by atoms with Crippen LogP contribution in [0.3, 0.4) is 0 Å². The first-order valence-electron chi connectivity index (χ1n) is 7.67. The number of ether oxygens (including phenoxy) is 1. The van der Waals surface area contributed by atoms with Gasteiger partial charge < -0.3 is 20.7 Å². The molecule has 1 aliphatic heterocycles. The minimum atomic E-state index is -0.481. The van der Waals surface area contributed by atoms with Gasteiger partial charge in [0.1, 0.15) is 11.4 Å². The maximum absolute atomic E-state index is 12.1. The van der Waals surface area contributed by atoms with E-state index >= 15 is 0 Å². The number of nitrogens with two attached hydrogens (primary N) is 1. The second-order valence-electron chi connectivity index (χ2n) is 6.71. The minimum Gasteiger partial charge on any atom is -0.444 e. The summed E-state index contributed by atoms with van der Waals surface area (Å²) in [5, 5.41) is 3.04. The van der Waals surface area contributed by atoms with E-state index < -0.39 is 5.60 Å². The molecule has 1 fully saturated rings. The maximum atomic E-state index is 12.1. The van der Waals surface area contributed by atoms with E-state index in [9.17, 15) is 4.79 Å². The number of likely N-dealkylation sites (tertiary alicyclic amines) is 1. The van der Waals surface area contributed by atoms with Crippen molar-refractivity contribution >= 4 is 11.9 Å². The average Bonchev–Trinajstić information content (AvgIpc) is 2.45. The second kappa shape index (κ2) is 6.52. The number of pyridine rings is 1. The van der Waals surface area contributed by atoms with E-state index in [4.69, 9.17) is 10.5 Å². The minimum absolute atomic E-state index is 0.103. The van der Waals surface area contributed by atoms with Gasteiger partial charge in [-0.25, -0.2) is 9.78 Å². The number of hydrogen-bond acceptors (Lipinski definition) is 5. The van der Waals surface area contributed by atoms with Crippen LogP contribution in [0.15, 0.2) is 18.3 Å². The molecule has 22 heavy (non-hydrogen) atoms. The van der Waals surface area contributed by atoms with Gasteiger partial charge in [-0.15, -0.1) is 0 Å². The van der Waals surface area contributed by atoms with E-state index in [1.54, 1.807) is 11.1 Å². The Balaban J connectivity index is 2.02. The van der Waals surface area contributed by atoms with Crippen molar-refractivity contribution in [1.82, 2.24) is 9.88 Å². The summed E-state index contributed by atoms with van der Waals surface area (Å²) in [5.74, 6) is 1.06. The normalized spacial score (nSPS) is 22.3. The lowest BCUT2D eigenvalue weighted by molar-refractivity contribution is 0.0186. The highest BCUT2D eigenvalue weighted by molar-refractivity contribution is 5.68. The molecule has 1 amide bonds. The fourth-order valence-corrected chi connectivity index (χ4v) is 2.70. The van der Waals surface area contributed by atoms with Crippen LogP contribution in [-0.2, 0) is 4.74 Å². The molecule has 1 aromatic heterocycles. The van der Waals surface area contributed by atoms with Gasteiger partial charge in [-0.1, -0.05) is 0 Å². The molecular weight excluding hydrogens is 280 g/mol. The molecule has 6 heteroatoms. The number of rotatable bonds is 2. The van der Waals surface area contributed by atoms with Crippen molar-refractivity contribution in [1.29, 1.82) is 0 Å². The fraction of sp³-hybridized carbons (Fsp3) is 0.625. The highest BCUT2D eigenvalue weighted by Gasteiger charge is 2.32. The predicted molar refractivity (Wildman–Crippen MR) is 86.9 cm³/mol. The molecule has 0 aliphatic carbocycles. The Hall–Kier alpha value is -1.82. The zero-order chi connectivity index (χ0) is 16.3. The molecule has 1 aliphatic rings. The molecule has 0 aromatic carbocycles. The summed E-state index contributed by atoms with van der Waals surface area (Å²) in [6.45, 7) is 6.77. The van der Waals surface area contributed by atoms with Crippen LogP contribution in [0.1, 0.15) is 38.7 Å². The Morgan fingerprint density at radius 1 is 1.50 bits per heavy atom. The van der Waals surface area contributed by atoms with Gasteiger partial charge >= 0.3 is 6.09 Å². The van der Waals surface area contributed by atoms with Gasteiger partial charge in [0.25, 0.3) is 0 Å². The molecular formula is C16H26N4O2. The van der Waals surface area contributed by atoms with Crippen LogP contribution in [0.4, 0.5) is 10.6 Å². The van der Waals surface area contributed by atoms with Crippen LogP contribution in [0.25, 0.3) is 0 Å². The molecule has 0 radical (unpaired) electrons. The Kier molecular flexibility index (Phi) is 4.90. The molecule has 2 heterocycles. The zero-order valence-electron chi connectivity index (χ0n) is 13.8. The molecule has 0 bridgehead atoms. The first-order valence-corrected chi connectivity index (χ1v) is 7.67. The lowest BCUT2D eigenvalue weighted by Gasteiger charge is -2.37. The van der Waals surface area contributed by atoms with Crippen LogP contribution in [0.5, 0.6) is 0 Å².